The van der Waals surface area contributed by atoms with Crippen molar-refractivity contribution in [2.75, 3.05) is 18.6 Å². The number of aliphatic hydroxyl groups is 1. The lowest BCUT2D eigenvalue weighted by Crippen LogP contribution is -2.29. The lowest BCUT2D eigenvalue weighted by molar-refractivity contribution is -0.132. The third-order valence-electron chi connectivity index (χ3n) is 5.41. The molecule has 1 atom stereocenters. The van der Waals surface area contributed by atoms with Gasteiger partial charge >= 0.3 is 0 Å². The van der Waals surface area contributed by atoms with E-state index in [0.29, 0.717) is 29.4 Å². The molecule has 6 nitrogen and oxygen atoms in total. The van der Waals surface area contributed by atoms with Crippen molar-refractivity contribution in [1.82, 2.24) is 0 Å². The summed E-state index contributed by atoms with van der Waals surface area (Å²) in [7, 11) is 1.55. The molecule has 33 heavy (non-hydrogen) atoms. The highest BCUT2D eigenvalue weighted by atomic mass is 35.5. The molecule has 7 heteroatoms. The van der Waals surface area contributed by atoms with Gasteiger partial charge in [0.15, 0.2) is 0 Å². The molecule has 1 aliphatic rings. The Kier molecular flexibility index (Phi) is 6.38. The number of anilines is 1. The maximum absolute atomic E-state index is 13.2. The summed E-state index contributed by atoms with van der Waals surface area (Å²) in [6.45, 7) is 2.26. The fraction of sp³-hybridized carbons (Fsp3) is 0.154. The van der Waals surface area contributed by atoms with E-state index >= 15 is 0 Å². The van der Waals surface area contributed by atoms with Gasteiger partial charge in [-0.05, 0) is 55.0 Å². The number of nitrogens with zero attached hydrogens (tertiary/aromatic N) is 1. The Morgan fingerprint density at radius 2 is 1.67 bits per heavy atom. The SMILES string of the molecule is CCOc1ccc(Cl)c(/C(O)=C2\C(=O)C(=O)N(c3ccccc3)C2c2ccc(OC)cc2)c1. The Hall–Kier alpha value is -3.77. The lowest BCUT2D eigenvalue weighted by atomic mass is 9.95. The first kappa shape index (κ1) is 22.4. The number of rotatable bonds is 6. The molecule has 1 unspecified atom stereocenters. The second kappa shape index (κ2) is 9.38. The Bertz CT molecular complexity index is 1220. The van der Waals surface area contributed by atoms with Crippen LogP contribution in [0, 0.1) is 0 Å². The zero-order valence-electron chi connectivity index (χ0n) is 18.1. The van der Waals surface area contributed by atoms with Crippen LogP contribution in [-0.2, 0) is 9.59 Å². The van der Waals surface area contributed by atoms with E-state index in [9.17, 15) is 14.7 Å². The van der Waals surface area contributed by atoms with Crippen LogP contribution >= 0.6 is 11.6 Å². The number of ether oxygens (including phenoxy) is 2. The zero-order chi connectivity index (χ0) is 23.5. The topological polar surface area (TPSA) is 76.1 Å². The van der Waals surface area contributed by atoms with E-state index < -0.39 is 17.7 Å². The molecule has 0 bridgehead atoms. The number of para-hydroxylation sites is 1. The number of amides is 1. The van der Waals surface area contributed by atoms with E-state index in [1.54, 1.807) is 73.8 Å². The number of ketones is 1. The van der Waals surface area contributed by atoms with Crippen LogP contribution in [0.3, 0.4) is 0 Å². The van der Waals surface area contributed by atoms with Crippen molar-refractivity contribution in [1.29, 1.82) is 0 Å². The molecule has 0 radical (unpaired) electrons. The van der Waals surface area contributed by atoms with Crippen molar-refractivity contribution in [3.8, 4) is 11.5 Å². The first-order valence-corrected chi connectivity index (χ1v) is 10.8. The Labute approximate surface area is 196 Å². The first-order chi connectivity index (χ1) is 16.0. The zero-order valence-corrected chi connectivity index (χ0v) is 18.9. The van der Waals surface area contributed by atoms with Gasteiger partial charge < -0.3 is 14.6 Å². The number of aliphatic hydroxyl groups excluding tert-OH is 1. The molecule has 4 rings (SSSR count). The number of methoxy groups -OCH3 is 1. The molecular formula is C26H22ClNO5. The Balaban J connectivity index is 1.94. The summed E-state index contributed by atoms with van der Waals surface area (Å²) in [6.07, 6.45) is 0. The minimum atomic E-state index is -0.856. The van der Waals surface area contributed by atoms with Crippen molar-refractivity contribution >= 4 is 34.7 Å². The van der Waals surface area contributed by atoms with Crippen LogP contribution in [0.15, 0.2) is 78.4 Å². The molecule has 0 aromatic heterocycles. The van der Waals surface area contributed by atoms with Gasteiger partial charge in [0.1, 0.15) is 17.3 Å². The number of halogens is 1. The quantitative estimate of drug-likeness (QED) is 0.302. The van der Waals surface area contributed by atoms with Gasteiger partial charge in [0.05, 0.1) is 30.4 Å². The molecule has 0 spiro atoms. The van der Waals surface area contributed by atoms with Crippen LogP contribution in [0.25, 0.3) is 5.76 Å². The molecule has 1 fully saturated rings. The van der Waals surface area contributed by atoms with Crippen LogP contribution in [0.1, 0.15) is 24.1 Å². The minimum Gasteiger partial charge on any atom is -0.507 e. The fourth-order valence-corrected chi connectivity index (χ4v) is 4.08. The van der Waals surface area contributed by atoms with Crippen LogP contribution in [0.4, 0.5) is 5.69 Å². The first-order valence-electron chi connectivity index (χ1n) is 10.4. The highest BCUT2D eigenvalue weighted by molar-refractivity contribution is 6.52. The largest absolute Gasteiger partial charge is 0.507 e. The summed E-state index contributed by atoms with van der Waals surface area (Å²) in [5.41, 5.74) is 1.34. The summed E-state index contributed by atoms with van der Waals surface area (Å²) in [5.74, 6) is -0.778. The van der Waals surface area contributed by atoms with Gasteiger partial charge in [0, 0.05) is 11.3 Å². The van der Waals surface area contributed by atoms with E-state index in [1.165, 1.54) is 4.90 Å². The molecule has 1 aliphatic heterocycles. The molecule has 0 aliphatic carbocycles. The highest BCUT2D eigenvalue weighted by Gasteiger charge is 2.47. The number of carbonyl (C=O) groups is 2. The third-order valence-corrected chi connectivity index (χ3v) is 5.74. The van der Waals surface area contributed by atoms with E-state index in [2.05, 4.69) is 0 Å². The van der Waals surface area contributed by atoms with Gasteiger partial charge in [-0.25, -0.2) is 0 Å². The molecular weight excluding hydrogens is 442 g/mol. The summed E-state index contributed by atoms with van der Waals surface area (Å²) in [5, 5.41) is 11.5. The van der Waals surface area contributed by atoms with E-state index in [1.807, 2.05) is 13.0 Å². The summed E-state index contributed by atoms with van der Waals surface area (Å²) < 4.78 is 10.8. The van der Waals surface area contributed by atoms with Crippen molar-refractivity contribution in [3.05, 3.63) is 94.5 Å². The fourth-order valence-electron chi connectivity index (χ4n) is 3.88. The van der Waals surface area contributed by atoms with Gasteiger partial charge in [-0.1, -0.05) is 41.9 Å². The van der Waals surface area contributed by atoms with Gasteiger partial charge in [-0.15, -0.1) is 0 Å². The number of hydrogen-bond donors (Lipinski definition) is 1. The van der Waals surface area contributed by atoms with Crippen molar-refractivity contribution < 1.29 is 24.2 Å². The summed E-state index contributed by atoms with van der Waals surface area (Å²) in [6, 6.07) is 19.8. The highest BCUT2D eigenvalue weighted by Crippen LogP contribution is 2.43. The second-order valence-corrected chi connectivity index (χ2v) is 7.76. The van der Waals surface area contributed by atoms with Gasteiger partial charge in [-0.3, -0.25) is 14.5 Å². The van der Waals surface area contributed by atoms with Gasteiger partial charge in [0.2, 0.25) is 0 Å². The van der Waals surface area contributed by atoms with Crippen LogP contribution in [0.2, 0.25) is 5.02 Å². The molecule has 0 saturated carbocycles. The maximum Gasteiger partial charge on any atom is 0.300 e. The predicted molar refractivity (Wildman–Crippen MR) is 127 cm³/mol. The average molecular weight is 464 g/mol. The van der Waals surface area contributed by atoms with Crippen LogP contribution in [0.5, 0.6) is 11.5 Å². The number of Topliss-reactive ketones (excluding diaryl/α,β-unsaturated/α-hetero) is 1. The second-order valence-electron chi connectivity index (χ2n) is 7.35. The van der Waals surface area contributed by atoms with Crippen molar-refractivity contribution in [2.45, 2.75) is 13.0 Å². The standard InChI is InChI=1S/C26H22ClNO5/c1-3-33-19-13-14-21(27)20(15-19)24(29)22-23(16-9-11-18(32-2)12-10-16)28(26(31)25(22)30)17-7-5-4-6-8-17/h4-15,23,29H,3H2,1-2H3/b24-22+. The smallest absolute Gasteiger partial charge is 0.300 e. The molecule has 168 valence electrons. The van der Waals surface area contributed by atoms with Gasteiger partial charge in [0.25, 0.3) is 11.7 Å². The van der Waals surface area contributed by atoms with Gasteiger partial charge in [-0.2, -0.15) is 0 Å². The number of benzene rings is 3. The minimum absolute atomic E-state index is 0.0513. The maximum atomic E-state index is 13.2. The number of carbonyl (C=O) groups excluding carboxylic acids is 2. The summed E-state index contributed by atoms with van der Waals surface area (Å²) in [4.78, 5) is 27.8. The van der Waals surface area contributed by atoms with Crippen molar-refractivity contribution in [3.63, 3.8) is 0 Å². The van der Waals surface area contributed by atoms with E-state index in [0.717, 1.165) is 0 Å². The summed E-state index contributed by atoms with van der Waals surface area (Å²) >= 11 is 6.36. The molecule has 1 N–H and O–H groups in total. The average Bonchev–Trinajstić information content (AvgIpc) is 3.11. The van der Waals surface area contributed by atoms with E-state index in [4.69, 9.17) is 21.1 Å². The lowest BCUT2D eigenvalue weighted by Gasteiger charge is -2.25. The van der Waals surface area contributed by atoms with Crippen LogP contribution < -0.4 is 14.4 Å². The van der Waals surface area contributed by atoms with E-state index in [-0.39, 0.29) is 21.9 Å². The van der Waals surface area contributed by atoms with Crippen LogP contribution in [-0.4, -0.2) is 30.5 Å². The molecule has 1 heterocycles. The van der Waals surface area contributed by atoms with Crippen molar-refractivity contribution in [2.24, 2.45) is 0 Å². The third kappa shape index (κ3) is 4.17. The molecule has 3 aromatic carbocycles. The normalized spacial score (nSPS) is 17.3. The number of hydrogen-bond acceptors (Lipinski definition) is 5. The monoisotopic (exact) mass is 463 g/mol. The molecule has 1 amide bonds. The predicted octanol–water partition coefficient (Wildman–Crippen LogP) is 5.37. The molecule has 3 aromatic rings. The molecule has 1 saturated heterocycles. The Morgan fingerprint density at radius 3 is 2.30 bits per heavy atom. The Morgan fingerprint density at radius 1 is 1.00 bits per heavy atom.